The number of nitrogens with zero attached hydrogens (tertiary/aromatic N) is 7. The SMILES string of the molecule is N#Cc1c(-c2ccccc2)ccnc1/C=C/c1cc(OCCCCNC(=O)CN2CCN(CC(=O)O)CCN(CC(=O)O)CCN(CC(=O)O)CC2)c(CN2CCCC[C@H]2C(=O)O)cc1C(F)(F)F. The number of nitrogens with one attached hydrogen (secondary N) is 1. The molecule has 0 bridgehead atoms. The highest BCUT2D eigenvalue weighted by Crippen LogP contribution is 2.38. The molecule has 3 aromatic rings. The second-order valence-electron chi connectivity index (χ2n) is 17.0. The van der Waals surface area contributed by atoms with Crippen LogP contribution < -0.4 is 10.1 Å². The minimum atomic E-state index is -4.82. The van der Waals surface area contributed by atoms with E-state index in [0.717, 1.165) is 11.6 Å². The van der Waals surface area contributed by atoms with Crippen molar-refractivity contribution < 1.29 is 62.3 Å². The van der Waals surface area contributed by atoms with Crippen LogP contribution in [0.15, 0.2) is 54.7 Å². The molecule has 0 radical (unpaired) electrons. The number of halogens is 3. The lowest BCUT2D eigenvalue weighted by molar-refractivity contribution is -0.145. The number of carbonyl (C=O) groups is 5. The number of rotatable bonds is 20. The summed E-state index contributed by atoms with van der Waals surface area (Å²) in [4.78, 5) is 72.8. The third-order valence-corrected chi connectivity index (χ3v) is 11.9. The molecule has 0 saturated carbocycles. The smallest absolute Gasteiger partial charge is 0.417 e. The summed E-state index contributed by atoms with van der Waals surface area (Å²) in [5, 5.41) is 51.3. The van der Waals surface area contributed by atoms with Crippen molar-refractivity contribution in [3.05, 3.63) is 82.7 Å². The van der Waals surface area contributed by atoms with Gasteiger partial charge in [-0.1, -0.05) is 42.8 Å². The molecular formula is C48H59F3N8O10. The quantitative estimate of drug-likeness (QED) is 0.101. The Kier molecular flexibility index (Phi) is 20.4. The summed E-state index contributed by atoms with van der Waals surface area (Å²) in [5.74, 6) is -4.49. The number of hydrogen-bond donors (Lipinski definition) is 5. The van der Waals surface area contributed by atoms with Gasteiger partial charge in [0.05, 0.1) is 49.6 Å². The number of aromatic nitrogens is 1. The van der Waals surface area contributed by atoms with Crippen molar-refractivity contribution >= 4 is 41.9 Å². The Morgan fingerprint density at radius 2 is 1.35 bits per heavy atom. The Morgan fingerprint density at radius 1 is 0.768 bits per heavy atom. The van der Waals surface area contributed by atoms with E-state index in [1.807, 2.05) is 18.2 Å². The number of benzene rings is 2. The van der Waals surface area contributed by atoms with Crippen molar-refractivity contribution in [2.45, 2.75) is 50.9 Å². The molecule has 1 atom stereocenters. The van der Waals surface area contributed by atoms with Crippen LogP contribution in [0.2, 0.25) is 0 Å². The van der Waals surface area contributed by atoms with Gasteiger partial charge in [-0.25, -0.2) is 0 Å². The normalized spacial score (nSPS) is 17.6. The first kappa shape index (κ1) is 53.5. The number of nitriles is 1. The molecule has 5 N–H and O–H groups in total. The minimum Gasteiger partial charge on any atom is -0.493 e. The minimum absolute atomic E-state index is 0.0356. The molecule has 5 rings (SSSR count). The van der Waals surface area contributed by atoms with Gasteiger partial charge in [0.1, 0.15) is 17.9 Å². The summed E-state index contributed by atoms with van der Waals surface area (Å²) in [7, 11) is 0. The fraction of sp³-hybridized carbons (Fsp3) is 0.479. The molecule has 18 nitrogen and oxygen atoms in total. The van der Waals surface area contributed by atoms with Crippen LogP contribution in [0.25, 0.3) is 23.3 Å². The molecule has 372 valence electrons. The summed E-state index contributed by atoms with van der Waals surface area (Å²) < 4.78 is 50.6. The van der Waals surface area contributed by atoms with Gasteiger partial charge in [-0.05, 0) is 67.6 Å². The first-order valence-electron chi connectivity index (χ1n) is 22.8. The fourth-order valence-electron chi connectivity index (χ4n) is 8.39. The van der Waals surface area contributed by atoms with Crippen molar-refractivity contribution in [3.63, 3.8) is 0 Å². The van der Waals surface area contributed by atoms with E-state index in [1.54, 1.807) is 42.7 Å². The lowest BCUT2D eigenvalue weighted by Gasteiger charge is -2.33. The molecular weight excluding hydrogens is 906 g/mol. The lowest BCUT2D eigenvalue weighted by atomic mass is 9.97. The van der Waals surface area contributed by atoms with Gasteiger partial charge in [0.2, 0.25) is 5.91 Å². The summed E-state index contributed by atoms with van der Waals surface area (Å²) in [5.41, 5.74) is 0.545. The van der Waals surface area contributed by atoms with E-state index in [9.17, 15) is 62.8 Å². The molecule has 21 heteroatoms. The van der Waals surface area contributed by atoms with Gasteiger partial charge >= 0.3 is 30.1 Å². The molecule has 1 amide bonds. The molecule has 2 saturated heterocycles. The maximum absolute atomic E-state index is 14.8. The van der Waals surface area contributed by atoms with Crippen molar-refractivity contribution in [3.8, 4) is 22.9 Å². The van der Waals surface area contributed by atoms with Crippen LogP contribution in [-0.2, 0) is 36.7 Å². The monoisotopic (exact) mass is 964 g/mol. The summed E-state index contributed by atoms with van der Waals surface area (Å²) in [6.07, 6.45) is 1.70. The van der Waals surface area contributed by atoms with Crippen molar-refractivity contribution in [1.29, 1.82) is 5.26 Å². The number of amides is 1. The molecule has 0 unspecified atom stereocenters. The van der Waals surface area contributed by atoms with Gasteiger partial charge in [0.15, 0.2) is 0 Å². The first-order valence-corrected chi connectivity index (χ1v) is 22.8. The number of likely N-dealkylation sites (tertiary alicyclic amines) is 1. The van der Waals surface area contributed by atoms with Crippen LogP contribution >= 0.6 is 0 Å². The van der Waals surface area contributed by atoms with Gasteiger partial charge in [0, 0.05) is 82.8 Å². The number of piperidine rings is 1. The van der Waals surface area contributed by atoms with E-state index in [1.165, 1.54) is 24.4 Å². The van der Waals surface area contributed by atoms with E-state index in [-0.39, 0.29) is 132 Å². The average Bonchev–Trinajstić information content (AvgIpc) is 3.30. The third-order valence-electron chi connectivity index (χ3n) is 11.9. The molecule has 0 spiro atoms. The Morgan fingerprint density at radius 3 is 1.88 bits per heavy atom. The van der Waals surface area contributed by atoms with E-state index in [0.29, 0.717) is 44.2 Å². The van der Waals surface area contributed by atoms with Gasteiger partial charge in [0.25, 0.3) is 0 Å². The number of alkyl halides is 3. The highest BCUT2D eigenvalue weighted by molar-refractivity contribution is 5.80. The van der Waals surface area contributed by atoms with Gasteiger partial charge in [-0.15, -0.1) is 0 Å². The molecule has 2 aromatic carbocycles. The number of unbranched alkanes of at least 4 members (excludes halogenated alkanes) is 1. The summed E-state index contributed by atoms with van der Waals surface area (Å²) >= 11 is 0. The fourth-order valence-corrected chi connectivity index (χ4v) is 8.39. The molecule has 2 fully saturated rings. The zero-order valence-electron chi connectivity index (χ0n) is 38.3. The van der Waals surface area contributed by atoms with Gasteiger partial charge < -0.3 is 30.5 Å². The number of carbonyl (C=O) groups excluding carboxylic acids is 1. The predicted octanol–water partition coefficient (Wildman–Crippen LogP) is 4.00. The third kappa shape index (κ3) is 17.2. The predicted molar refractivity (Wildman–Crippen MR) is 247 cm³/mol. The molecule has 0 aliphatic carbocycles. The van der Waals surface area contributed by atoms with Crippen LogP contribution in [0.1, 0.15) is 60.1 Å². The van der Waals surface area contributed by atoms with Crippen LogP contribution in [-0.4, -0.2) is 184 Å². The standard InChI is InChI=1S/C48H59F3N8O10/c49-48(50,51)39-26-36(29-59-16-6-4-10-41(59)47(67)68)42(27-35(39)11-12-40-38(28-52)37(13-15-53-40)34-8-2-1-3-9-34)69-25-7-5-14-54-43(60)30-55-17-19-56(31-44(61)62)21-23-58(33-46(65)66)24-22-57(20-18-55)32-45(63)64/h1-3,8-9,11-13,15,26-27,41H,4-7,10,14,16-25,29-33H2,(H,54,60)(H,61,62)(H,63,64)(H,65,66)(H,67,68)/b12-11+/t41-/m0/s1. The van der Waals surface area contributed by atoms with Gasteiger partial charge in [-0.3, -0.25) is 53.5 Å². The van der Waals surface area contributed by atoms with Crippen LogP contribution in [0.4, 0.5) is 13.2 Å². The maximum Gasteiger partial charge on any atom is 0.417 e. The number of hydrogen-bond acceptors (Lipinski definition) is 13. The number of ether oxygens (including phenoxy) is 1. The Bertz CT molecular complexity index is 2280. The highest BCUT2D eigenvalue weighted by atomic mass is 19.4. The Labute approximate surface area is 398 Å². The highest BCUT2D eigenvalue weighted by Gasteiger charge is 2.36. The second-order valence-corrected chi connectivity index (χ2v) is 17.0. The second kappa shape index (κ2) is 26.4. The maximum atomic E-state index is 14.8. The molecule has 2 aliphatic rings. The Balaban J connectivity index is 1.28. The zero-order chi connectivity index (χ0) is 49.9. The summed E-state index contributed by atoms with van der Waals surface area (Å²) in [6.45, 7) is 1.49. The van der Waals surface area contributed by atoms with Crippen LogP contribution in [0.3, 0.4) is 0 Å². The van der Waals surface area contributed by atoms with Crippen LogP contribution in [0.5, 0.6) is 5.75 Å². The average molecular weight is 965 g/mol. The Hall–Kier alpha value is -6.44. The van der Waals surface area contributed by atoms with Crippen molar-refractivity contribution in [2.24, 2.45) is 0 Å². The number of pyridine rings is 1. The zero-order valence-corrected chi connectivity index (χ0v) is 38.3. The summed E-state index contributed by atoms with van der Waals surface area (Å²) in [6, 6.07) is 14.2. The van der Waals surface area contributed by atoms with Gasteiger partial charge in [-0.2, -0.15) is 18.4 Å². The molecule has 69 heavy (non-hydrogen) atoms. The van der Waals surface area contributed by atoms with E-state index in [4.69, 9.17) is 4.74 Å². The molecule has 1 aromatic heterocycles. The number of carboxylic acids is 4. The number of carboxylic acid groups (broad SMARTS) is 4. The van der Waals surface area contributed by atoms with E-state index < -0.39 is 41.7 Å². The van der Waals surface area contributed by atoms with Crippen molar-refractivity contribution in [2.75, 3.05) is 98.2 Å². The topological polar surface area (TPSA) is 240 Å². The first-order chi connectivity index (χ1) is 33.0. The molecule has 3 heterocycles. The largest absolute Gasteiger partial charge is 0.493 e. The lowest BCUT2D eigenvalue weighted by Crippen LogP contribution is -2.49. The van der Waals surface area contributed by atoms with Crippen molar-refractivity contribution in [1.82, 2.24) is 34.8 Å². The van der Waals surface area contributed by atoms with E-state index in [2.05, 4.69) is 16.4 Å². The van der Waals surface area contributed by atoms with Crippen LogP contribution in [0, 0.1) is 11.3 Å². The molecule has 2 aliphatic heterocycles. The number of aliphatic carboxylic acids is 4. The van der Waals surface area contributed by atoms with E-state index >= 15 is 0 Å².